The zero-order chi connectivity index (χ0) is 10.9. The predicted octanol–water partition coefficient (Wildman–Crippen LogP) is 2.34. The quantitative estimate of drug-likeness (QED) is 0.807. The molecule has 1 fully saturated rings. The van der Waals surface area contributed by atoms with Crippen molar-refractivity contribution in [3.05, 3.63) is 23.2 Å². The maximum absolute atomic E-state index is 5.79. The minimum atomic E-state index is 0.131. The number of benzene rings is 1. The van der Waals surface area contributed by atoms with Crippen LogP contribution in [0.15, 0.2) is 18.2 Å². The maximum Gasteiger partial charge on any atom is 0.142 e. The van der Waals surface area contributed by atoms with Crippen molar-refractivity contribution in [3.63, 3.8) is 0 Å². The lowest BCUT2D eigenvalue weighted by atomic mass is 9.90. The molecular weight excluding hydrogens is 214 g/mol. The van der Waals surface area contributed by atoms with Crippen molar-refractivity contribution in [2.24, 2.45) is 5.41 Å². The molecule has 0 spiro atoms. The van der Waals surface area contributed by atoms with Crippen molar-refractivity contribution in [1.82, 2.24) is 0 Å². The van der Waals surface area contributed by atoms with Gasteiger partial charge < -0.3 is 15.2 Å². The van der Waals surface area contributed by atoms with Crippen LogP contribution in [0.5, 0.6) is 5.75 Å². The Hall–Kier alpha value is -0.930. The second kappa shape index (κ2) is 3.91. The van der Waals surface area contributed by atoms with Crippen LogP contribution in [0.3, 0.4) is 0 Å². The fourth-order valence-corrected chi connectivity index (χ4v) is 1.62. The van der Waals surface area contributed by atoms with Gasteiger partial charge in [0, 0.05) is 10.4 Å². The van der Waals surface area contributed by atoms with Gasteiger partial charge >= 0.3 is 0 Å². The van der Waals surface area contributed by atoms with Crippen LogP contribution in [0.1, 0.15) is 6.92 Å². The van der Waals surface area contributed by atoms with Crippen LogP contribution in [-0.2, 0) is 4.74 Å². The summed E-state index contributed by atoms with van der Waals surface area (Å²) in [7, 11) is 0. The molecule has 15 heavy (non-hydrogen) atoms. The lowest BCUT2D eigenvalue weighted by Gasteiger charge is -2.37. The van der Waals surface area contributed by atoms with E-state index in [2.05, 4.69) is 6.92 Å². The van der Waals surface area contributed by atoms with Crippen molar-refractivity contribution in [2.45, 2.75) is 6.92 Å². The molecule has 0 unspecified atom stereocenters. The van der Waals surface area contributed by atoms with E-state index >= 15 is 0 Å². The summed E-state index contributed by atoms with van der Waals surface area (Å²) in [5.74, 6) is 0.688. The predicted molar refractivity (Wildman–Crippen MR) is 60.3 cm³/mol. The Morgan fingerprint density at radius 2 is 2.27 bits per heavy atom. The van der Waals surface area contributed by atoms with Gasteiger partial charge in [-0.3, -0.25) is 0 Å². The van der Waals surface area contributed by atoms with Crippen molar-refractivity contribution < 1.29 is 9.47 Å². The van der Waals surface area contributed by atoms with Gasteiger partial charge in [0.2, 0.25) is 0 Å². The molecule has 1 aromatic rings. The van der Waals surface area contributed by atoms with Crippen molar-refractivity contribution in [3.8, 4) is 5.75 Å². The number of nitrogens with two attached hydrogens (primary N) is 1. The second-order valence-corrected chi connectivity index (χ2v) is 4.71. The molecule has 3 nitrogen and oxygen atoms in total. The Morgan fingerprint density at radius 1 is 1.53 bits per heavy atom. The van der Waals surface area contributed by atoms with Gasteiger partial charge in [-0.25, -0.2) is 0 Å². The molecule has 0 amide bonds. The summed E-state index contributed by atoms with van der Waals surface area (Å²) in [5.41, 5.74) is 6.48. The zero-order valence-electron chi connectivity index (χ0n) is 8.63. The Morgan fingerprint density at radius 3 is 2.80 bits per heavy atom. The van der Waals surface area contributed by atoms with E-state index in [9.17, 15) is 0 Å². The molecule has 4 heteroatoms. The molecule has 82 valence electrons. The summed E-state index contributed by atoms with van der Waals surface area (Å²) in [4.78, 5) is 0. The molecule has 0 aromatic heterocycles. The molecule has 1 aliphatic heterocycles. The highest BCUT2D eigenvalue weighted by atomic mass is 35.5. The van der Waals surface area contributed by atoms with Gasteiger partial charge in [-0.15, -0.1) is 0 Å². The van der Waals surface area contributed by atoms with E-state index < -0.39 is 0 Å². The number of nitrogen functional groups attached to an aromatic ring is 1. The van der Waals surface area contributed by atoms with Crippen LogP contribution in [-0.4, -0.2) is 19.8 Å². The Bertz CT molecular complexity index is 364. The average Bonchev–Trinajstić information content (AvgIpc) is 2.14. The van der Waals surface area contributed by atoms with Crippen LogP contribution in [0, 0.1) is 5.41 Å². The minimum absolute atomic E-state index is 0.131. The fraction of sp³-hybridized carbons (Fsp3) is 0.455. The summed E-state index contributed by atoms with van der Waals surface area (Å²) in [6.07, 6.45) is 0. The van der Waals surface area contributed by atoms with Gasteiger partial charge in [0.05, 0.1) is 25.5 Å². The average molecular weight is 228 g/mol. The molecule has 0 radical (unpaired) electrons. The monoisotopic (exact) mass is 227 g/mol. The molecule has 2 N–H and O–H groups in total. The Labute approximate surface area is 94.1 Å². The van der Waals surface area contributed by atoms with Crippen molar-refractivity contribution in [2.75, 3.05) is 25.6 Å². The maximum atomic E-state index is 5.79. The first-order chi connectivity index (χ1) is 7.09. The van der Waals surface area contributed by atoms with Gasteiger partial charge in [0.1, 0.15) is 5.75 Å². The first-order valence-electron chi connectivity index (χ1n) is 4.85. The van der Waals surface area contributed by atoms with E-state index in [0.717, 1.165) is 13.2 Å². The number of ether oxygens (including phenoxy) is 2. The first-order valence-corrected chi connectivity index (χ1v) is 5.22. The molecule has 0 saturated carbocycles. The molecule has 0 aliphatic carbocycles. The van der Waals surface area contributed by atoms with Gasteiger partial charge in [0.25, 0.3) is 0 Å². The molecular formula is C11H14ClNO2. The van der Waals surface area contributed by atoms with E-state index in [1.807, 2.05) is 0 Å². The third-order valence-electron chi connectivity index (χ3n) is 2.45. The van der Waals surface area contributed by atoms with E-state index in [4.69, 9.17) is 26.8 Å². The highest BCUT2D eigenvalue weighted by Gasteiger charge is 2.34. The number of hydrogen-bond acceptors (Lipinski definition) is 3. The SMILES string of the molecule is CC1(COc2ccc(Cl)cc2N)COC1. The third kappa shape index (κ3) is 2.36. The van der Waals surface area contributed by atoms with Crippen LogP contribution in [0.25, 0.3) is 0 Å². The summed E-state index contributed by atoms with van der Waals surface area (Å²) in [5, 5.41) is 0.623. The smallest absolute Gasteiger partial charge is 0.142 e. The fourth-order valence-electron chi connectivity index (χ4n) is 1.44. The third-order valence-corrected chi connectivity index (χ3v) is 2.68. The Balaban J connectivity index is 1.98. The molecule has 2 rings (SSSR count). The van der Waals surface area contributed by atoms with Gasteiger partial charge in [-0.1, -0.05) is 18.5 Å². The summed E-state index contributed by atoms with van der Waals surface area (Å²) >= 11 is 5.79. The molecule has 1 aliphatic rings. The second-order valence-electron chi connectivity index (χ2n) is 4.27. The van der Waals surface area contributed by atoms with Crippen LogP contribution >= 0.6 is 11.6 Å². The highest BCUT2D eigenvalue weighted by molar-refractivity contribution is 6.30. The normalized spacial score (nSPS) is 18.3. The van der Waals surface area contributed by atoms with E-state index in [1.54, 1.807) is 18.2 Å². The van der Waals surface area contributed by atoms with Crippen molar-refractivity contribution >= 4 is 17.3 Å². The molecule has 0 bridgehead atoms. The summed E-state index contributed by atoms with van der Waals surface area (Å²) < 4.78 is 10.8. The number of halogens is 1. The zero-order valence-corrected chi connectivity index (χ0v) is 9.38. The van der Waals surface area contributed by atoms with Crippen LogP contribution < -0.4 is 10.5 Å². The standard InChI is InChI=1S/C11H14ClNO2/c1-11(5-14-6-11)7-15-10-3-2-8(12)4-9(10)13/h2-4H,5-7,13H2,1H3. The van der Waals surface area contributed by atoms with Gasteiger partial charge in [-0.2, -0.15) is 0 Å². The molecule has 1 saturated heterocycles. The van der Waals surface area contributed by atoms with E-state index in [0.29, 0.717) is 23.1 Å². The number of rotatable bonds is 3. The van der Waals surface area contributed by atoms with Crippen LogP contribution in [0.4, 0.5) is 5.69 Å². The molecule has 1 aromatic carbocycles. The number of hydrogen-bond donors (Lipinski definition) is 1. The van der Waals surface area contributed by atoms with Gasteiger partial charge in [0.15, 0.2) is 0 Å². The highest BCUT2D eigenvalue weighted by Crippen LogP contribution is 2.30. The van der Waals surface area contributed by atoms with Crippen molar-refractivity contribution in [1.29, 1.82) is 0 Å². The van der Waals surface area contributed by atoms with Gasteiger partial charge in [-0.05, 0) is 18.2 Å². The number of anilines is 1. The summed E-state index contributed by atoms with van der Waals surface area (Å²) in [6, 6.07) is 5.25. The molecule has 0 atom stereocenters. The topological polar surface area (TPSA) is 44.5 Å². The van der Waals surface area contributed by atoms with Crippen LogP contribution in [0.2, 0.25) is 5.02 Å². The first kappa shape index (κ1) is 10.6. The lowest BCUT2D eigenvalue weighted by molar-refractivity contribution is -0.120. The van der Waals surface area contributed by atoms with E-state index in [-0.39, 0.29) is 5.41 Å². The lowest BCUT2D eigenvalue weighted by Crippen LogP contribution is -2.44. The Kier molecular flexibility index (Phi) is 2.76. The minimum Gasteiger partial charge on any atom is -0.491 e. The molecule has 1 heterocycles. The largest absolute Gasteiger partial charge is 0.491 e. The summed E-state index contributed by atoms with van der Waals surface area (Å²) in [6.45, 7) is 4.25. The van der Waals surface area contributed by atoms with E-state index in [1.165, 1.54) is 0 Å².